The van der Waals surface area contributed by atoms with Gasteiger partial charge in [0.2, 0.25) is 0 Å². The van der Waals surface area contributed by atoms with Crippen LogP contribution in [0.25, 0.3) is 0 Å². The van der Waals surface area contributed by atoms with Gasteiger partial charge in [-0.25, -0.2) is 0 Å². The van der Waals surface area contributed by atoms with Gasteiger partial charge >= 0.3 is 0 Å². The number of hydrogen-bond acceptors (Lipinski definition) is 3. The number of methoxy groups -OCH3 is 2. The third kappa shape index (κ3) is 2.53. The fraction of sp³-hybridized carbons (Fsp3) is 0.273. The molecule has 1 aromatic carbocycles. The van der Waals surface area contributed by atoms with E-state index in [2.05, 4.69) is 0 Å². The maximum absolute atomic E-state index is 11.2. The van der Waals surface area contributed by atoms with Crippen LogP contribution in [0.1, 0.15) is 5.56 Å². The molecule has 1 rings (SSSR count). The van der Waals surface area contributed by atoms with E-state index in [1.54, 1.807) is 0 Å². The second-order valence-corrected chi connectivity index (χ2v) is 2.84. The topological polar surface area (TPSA) is 62.1 Å². The number of nitrogens with zero attached hydrogens (tertiary/aromatic N) is 1. The lowest BCUT2D eigenvalue weighted by Gasteiger charge is -2.11. The Labute approximate surface area is 88.7 Å². The van der Waals surface area contributed by atoms with E-state index in [1.165, 1.54) is 32.8 Å². The lowest BCUT2D eigenvalue weighted by atomic mass is 10.1. The Balaban J connectivity index is 3.13. The van der Waals surface area contributed by atoms with Gasteiger partial charge in [-0.15, -0.1) is 0 Å². The van der Waals surface area contributed by atoms with E-state index in [4.69, 9.17) is 14.7 Å². The molecule has 0 aromatic heterocycles. The van der Waals surface area contributed by atoms with Crippen molar-refractivity contribution in [3.63, 3.8) is 0 Å². The molecule has 0 spiro atoms. The van der Waals surface area contributed by atoms with E-state index >= 15 is 0 Å². The van der Waals surface area contributed by atoms with Crippen molar-refractivity contribution in [1.82, 2.24) is 0 Å². The van der Waals surface area contributed by atoms with Crippen LogP contribution in [-0.2, 0) is 11.5 Å². The average Bonchev–Trinajstić information content (AvgIpc) is 2.26. The highest BCUT2D eigenvalue weighted by molar-refractivity contribution is 5.51. The molecule has 1 aromatic rings. The second-order valence-electron chi connectivity index (χ2n) is 2.84. The molecule has 0 unspecified atom stereocenters. The zero-order chi connectivity index (χ0) is 11.3. The van der Waals surface area contributed by atoms with Crippen LogP contribution in [0.15, 0.2) is 12.1 Å². The van der Waals surface area contributed by atoms with E-state index in [-0.39, 0.29) is 5.75 Å². The Kier molecular flexibility index (Phi) is 3.81. The largest absolute Gasteiger partial charge is 0.496 e. The van der Waals surface area contributed by atoms with Gasteiger partial charge in [0, 0.05) is 17.7 Å². The van der Waals surface area contributed by atoms with Crippen molar-refractivity contribution in [3.05, 3.63) is 24.1 Å². The normalized spacial score (nSPS) is 9.40. The molecule has 0 aliphatic rings. The number of nitriles is 1. The maximum Gasteiger partial charge on any atom is 0.186 e. The molecule has 2 radical (unpaired) electrons. The molecule has 0 aliphatic carbocycles. The highest BCUT2D eigenvalue weighted by Gasteiger charge is 2.12. The maximum atomic E-state index is 11.2. The second kappa shape index (κ2) is 5.11. The van der Waals surface area contributed by atoms with Crippen LogP contribution in [0.5, 0.6) is 17.2 Å². The molecule has 0 atom stereocenters. The Morgan fingerprint density at radius 1 is 1.33 bits per heavy atom. The van der Waals surface area contributed by atoms with Gasteiger partial charge in [0.05, 0.1) is 26.7 Å². The molecule has 0 saturated heterocycles. The van der Waals surface area contributed by atoms with Crippen molar-refractivity contribution < 1.29 is 14.6 Å². The van der Waals surface area contributed by atoms with Gasteiger partial charge in [0.15, 0.2) is 5.75 Å². The number of benzene rings is 1. The molecule has 0 fully saturated rings. The van der Waals surface area contributed by atoms with Gasteiger partial charge in [-0.2, -0.15) is 5.26 Å². The van der Waals surface area contributed by atoms with Gasteiger partial charge in [-0.1, -0.05) is 0 Å². The molecule has 0 heterocycles. The van der Waals surface area contributed by atoms with E-state index in [9.17, 15) is 5.11 Å². The molecular weight excluding hydrogens is 194 g/mol. The molecule has 4 nitrogen and oxygen atoms in total. The predicted octanol–water partition coefficient (Wildman–Crippen LogP) is 2.12. The summed E-state index contributed by atoms with van der Waals surface area (Å²) in [4.78, 5) is 0. The van der Waals surface area contributed by atoms with Crippen LogP contribution in [0.2, 0.25) is 0 Å². The highest BCUT2D eigenvalue weighted by atomic mass is 16.5. The smallest absolute Gasteiger partial charge is 0.186 e. The Hall–Kier alpha value is -1.89. The van der Waals surface area contributed by atoms with Gasteiger partial charge < -0.3 is 9.47 Å². The molecule has 78 valence electrons. The first-order valence-corrected chi connectivity index (χ1v) is 4.36. The van der Waals surface area contributed by atoms with Crippen LogP contribution in [0.3, 0.4) is 0 Å². The quantitative estimate of drug-likeness (QED) is 0.756. The van der Waals surface area contributed by atoms with Crippen LogP contribution in [0.4, 0.5) is 0 Å². The lowest BCUT2D eigenvalue weighted by molar-refractivity contribution is 0.338. The van der Waals surface area contributed by atoms with E-state index in [1.807, 2.05) is 6.07 Å². The Bertz CT molecular complexity index is 357. The first kappa shape index (κ1) is 11.2. The van der Waals surface area contributed by atoms with Gasteiger partial charge in [0.25, 0.3) is 0 Å². The Morgan fingerprint density at radius 3 is 2.27 bits per heavy atom. The fourth-order valence-electron chi connectivity index (χ4n) is 1.31. The standard InChI is InChI=1S/C11H11NO3/c1-14-10-6-8(13)7-11(15-2)9(10)4-3-5-12/h3,6-7H,4H2,1-2H3. The molecule has 0 N–H and O–H groups in total. The zero-order valence-corrected chi connectivity index (χ0v) is 8.61. The molecule has 0 amide bonds. The third-order valence-electron chi connectivity index (χ3n) is 1.98. The van der Waals surface area contributed by atoms with Crippen molar-refractivity contribution in [3.8, 4) is 23.3 Å². The first-order valence-electron chi connectivity index (χ1n) is 4.36. The van der Waals surface area contributed by atoms with Crippen LogP contribution >= 0.6 is 0 Å². The average molecular weight is 205 g/mol. The summed E-state index contributed by atoms with van der Waals surface area (Å²) in [7, 11) is 2.95. The summed E-state index contributed by atoms with van der Waals surface area (Å²) < 4.78 is 10.1. The summed E-state index contributed by atoms with van der Waals surface area (Å²) in [5.41, 5.74) is 0.709. The highest BCUT2D eigenvalue weighted by Crippen LogP contribution is 2.34. The summed E-state index contributed by atoms with van der Waals surface area (Å²) in [6.45, 7) is 0. The van der Waals surface area contributed by atoms with Gasteiger partial charge in [0.1, 0.15) is 11.5 Å². The Morgan fingerprint density at radius 2 is 1.87 bits per heavy atom. The van der Waals surface area contributed by atoms with E-state index in [0.29, 0.717) is 23.5 Å². The summed E-state index contributed by atoms with van der Waals surface area (Å²) in [5, 5.41) is 19.7. The van der Waals surface area contributed by atoms with Crippen LogP contribution in [0, 0.1) is 17.8 Å². The van der Waals surface area contributed by atoms with Crippen LogP contribution in [-0.4, -0.2) is 14.2 Å². The van der Waals surface area contributed by atoms with E-state index in [0.717, 1.165) is 0 Å². The lowest BCUT2D eigenvalue weighted by Crippen LogP contribution is -1.96. The van der Waals surface area contributed by atoms with Crippen molar-refractivity contribution in [2.75, 3.05) is 14.2 Å². The van der Waals surface area contributed by atoms with Gasteiger partial charge in [-0.3, -0.25) is 5.11 Å². The van der Waals surface area contributed by atoms with Crippen LogP contribution < -0.4 is 9.47 Å². The number of rotatable bonds is 4. The van der Waals surface area contributed by atoms with Crippen molar-refractivity contribution in [2.24, 2.45) is 0 Å². The summed E-state index contributed by atoms with van der Waals surface area (Å²) >= 11 is 0. The summed E-state index contributed by atoms with van der Waals surface area (Å²) in [6, 6.07) is 4.68. The van der Waals surface area contributed by atoms with Crippen molar-refractivity contribution in [2.45, 2.75) is 6.42 Å². The summed E-state index contributed by atoms with van der Waals surface area (Å²) in [5.74, 6) is 0.723. The molecule has 0 bridgehead atoms. The number of ether oxygens (including phenoxy) is 2. The minimum atomic E-state index is -0.176. The minimum Gasteiger partial charge on any atom is -0.496 e. The van der Waals surface area contributed by atoms with E-state index < -0.39 is 0 Å². The fourth-order valence-corrected chi connectivity index (χ4v) is 1.31. The molecule has 4 heteroatoms. The van der Waals surface area contributed by atoms with Gasteiger partial charge in [-0.05, 0) is 6.42 Å². The van der Waals surface area contributed by atoms with Crippen molar-refractivity contribution >= 4 is 0 Å². The molecule has 15 heavy (non-hydrogen) atoms. The molecule has 0 aliphatic heterocycles. The molecule has 0 saturated carbocycles. The monoisotopic (exact) mass is 205 g/mol. The predicted molar refractivity (Wildman–Crippen MR) is 53.3 cm³/mol. The third-order valence-corrected chi connectivity index (χ3v) is 1.98. The molecular formula is C11H11NO3. The zero-order valence-electron chi connectivity index (χ0n) is 8.61. The minimum absolute atomic E-state index is 0.176. The van der Waals surface area contributed by atoms with Crippen molar-refractivity contribution in [1.29, 1.82) is 5.26 Å². The SMILES string of the molecule is COc1cc([O])cc(OC)c1C[CH]C#N. The first-order chi connectivity index (χ1) is 7.22. The number of hydrogen-bond donors (Lipinski definition) is 0. The summed E-state index contributed by atoms with van der Waals surface area (Å²) in [6.07, 6.45) is 1.81.